The van der Waals surface area contributed by atoms with Gasteiger partial charge in [0.2, 0.25) is 11.7 Å². The van der Waals surface area contributed by atoms with Gasteiger partial charge in [0.1, 0.15) is 29.9 Å². The van der Waals surface area contributed by atoms with Gasteiger partial charge in [0, 0.05) is 56.2 Å². The first kappa shape index (κ1) is 58.5. The highest BCUT2D eigenvalue weighted by Crippen LogP contribution is 2.62. The molecule has 6 aromatic rings. The fourth-order valence-corrected chi connectivity index (χ4v) is 12.8. The van der Waals surface area contributed by atoms with E-state index in [2.05, 4.69) is 80.2 Å². The number of fused-ring (bicyclic) bond motifs is 3. The Morgan fingerprint density at radius 1 is 0.778 bits per heavy atom. The highest BCUT2D eigenvalue weighted by atomic mass is 16.7. The molecule has 6 aromatic carbocycles. The molecule has 0 spiro atoms. The summed E-state index contributed by atoms with van der Waals surface area (Å²) in [7, 11) is 0. The van der Waals surface area contributed by atoms with Gasteiger partial charge in [-0.25, -0.2) is 0 Å². The van der Waals surface area contributed by atoms with E-state index in [1.807, 2.05) is 59.5 Å². The number of nitrogens with zero attached hydrogens (tertiary/aromatic N) is 3. The lowest BCUT2D eigenvalue weighted by Gasteiger charge is -2.60. The second-order valence-corrected chi connectivity index (χ2v) is 22.2. The Labute approximate surface area is 478 Å². The van der Waals surface area contributed by atoms with E-state index >= 15 is 4.79 Å². The average Bonchev–Trinajstić information content (AvgIpc) is 3.62. The number of non-ortho nitro benzene ring substituents is 1. The predicted molar refractivity (Wildman–Crippen MR) is 321 cm³/mol. The zero-order chi connectivity index (χ0) is 56.4. The van der Waals surface area contributed by atoms with Crippen LogP contribution in [0.25, 0.3) is 21.9 Å². The van der Waals surface area contributed by atoms with E-state index in [-0.39, 0.29) is 68.7 Å². The summed E-state index contributed by atoms with van der Waals surface area (Å²) in [5, 5.41) is 39.2. The quantitative estimate of drug-likeness (QED) is 0.0187. The molecule has 0 aromatic heterocycles. The Morgan fingerprint density at radius 3 is 2.19 bits per heavy atom. The van der Waals surface area contributed by atoms with Crippen molar-refractivity contribution in [2.75, 3.05) is 19.8 Å². The molecule has 1 fully saturated rings. The third kappa shape index (κ3) is 14.3. The number of ether oxygens (including phenoxy) is 3. The molecule has 2 N–H and O–H groups in total. The summed E-state index contributed by atoms with van der Waals surface area (Å²) in [6.07, 6.45) is 19.2. The number of rotatable bonds is 31. The molecule has 1 saturated carbocycles. The van der Waals surface area contributed by atoms with Crippen molar-refractivity contribution in [1.82, 2.24) is 4.90 Å². The zero-order valence-corrected chi connectivity index (χ0v) is 47.2. The molecule has 0 bridgehead atoms. The van der Waals surface area contributed by atoms with Crippen molar-refractivity contribution >= 4 is 28.1 Å². The molecule has 426 valence electrons. The van der Waals surface area contributed by atoms with Gasteiger partial charge in [-0.05, 0) is 125 Å². The van der Waals surface area contributed by atoms with Crippen LogP contribution in [0.4, 0.5) is 5.69 Å². The number of allylic oxidation sites excluding steroid dienone is 1. The van der Waals surface area contributed by atoms with E-state index in [0.29, 0.717) is 47.8 Å². The van der Waals surface area contributed by atoms with Gasteiger partial charge in [0.15, 0.2) is 0 Å². The molecule has 1 heterocycles. The topological polar surface area (TPSA) is 153 Å². The number of benzene rings is 6. The number of nitro benzene ring substituents is 1. The second kappa shape index (κ2) is 29.0. The van der Waals surface area contributed by atoms with Gasteiger partial charge in [-0.2, -0.15) is 0 Å². The Hall–Kier alpha value is -7.12. The number of carbonyl (C=O) groups excluding carboxylic acids is 1. The molecule has 6 atom stereocenters. The molecule has 2 aliphatic carbocycles. The van der Waals surface area contributed by atoms with Crippen LogP contribution in [0, 0.1) is 27.9 Å². The third-order valence-corrected chi connectivity index (χ3v) is 16.8. The molecule has 3 aliphatic rings. The van der Waals surface area contributed by atoms with Crippen molar-refractivity contribution in [3.8, 4) is 28.4 Å². The molecule has 0 radical (unpaired) electrons. The van der Waals surface area contributed by atoms with Crippen molar-refractivity contribution in [3.63, 3.8) is 0 Å². The van der Waals surface area contributed by atoms with Gasteiger partial charge < -0.3 is 34.2 Å². The minimum Gasteiger partial charge on any atom is -0.459 e. The monoisotopic (exact) mass is 1100 g/mol. The van der Waals surface area contributed by atoms with Crippen LogP contribution in [-0.2, 0) is 27.5 Å². The van der Waals surface area contributed by atoms with Crippen LogP contribution in [0.2, 0.25) is 0 Å². The van der Waals surface area contributed by atoms with Crippen LogP contribution in [0.3, 0.4) is 0 Å². The largest absolute Gasteiger partial charge is 0.459 e. The summed E-state index contributed by atoms with van der Waals surface area (Å²) in [4.78, 5) is 35.3. The summed E-state index contributed by atoms with van der Waals surface area (Å²) in [6, 6.07) is 44.6. The summed E-state index contributed by atoms with van der Waals surface area (Å²) in [5.74, 6) is -0.267. The highest BCUT2D eigenvalue weighted by Gasteiger charge is 2.65. The van der Waals surface area contributed by atoms with Crippen LogP contribution in [-0.4, -0.2) is 63.3 Å². The SMILES string of the molecule is C=CCOC12Oc3ccc(Oc4ccc(-c5ccccc5)cc4)cc3C3C(CCCCO)C(CCCCO)C=C(C(=NOCc4ccc([N+](=O)[O-])cc4)CC1N(Cc1cccc4ccccc14)C(=O)CCCCCCCCCCC)C32. The number of nitro groups is 1. The summed E-state index contributed by atoms with van der Waals surface area (Å²) in [6.45, 7) is 7.02. The summed E-state index contributed by atoms with van der Waals surface area (Å²) < 4.78 is 21.8. The number of unbranched alkanes of at least 4 members (excludes halogenated alkanes) is 10. The van der Waals surface area contributed by atoms with E-state index in [1.165, 1.54) is 44.2 Å². The number of hydrogen-bond donors (Lipinski definition) is 2. The lowest BCUT2D eigenvalue weighted by Crippen LogP contribution is -2.70. The van der Waals surface area contributed by atoms with Gasteiger partial charge in [-0.3, -0.25) is 14.9 Å². The van der Waals surface area contributed by atoms with Crippen LogP contribution in [0.5, 0.6) is 17.2 Å². The predicted octanol–water partition coefficient (Wildman–Crippen LogP) is 16.0. The first-order chi connectivity index (χ1) is 39.7. The van der Waals surface area contributed by atoms with E-state index in [1.54, 1.807) is 18.2 Å². The Bertz CT molecular complexity index is 3060. The van der Waals surface area contributed by atoms with E-state index in [0.717, 1.165) is 90.0 Å². The lowest BCUT2D eigenvalue weighted by molar-refractivity contribution is -0.384. The Morgan fingerprint density at radius 2 is 1.46 bits per heavy atom. The van der Waals surface area contributed by atoms with Gasteiger partial charge in [0.25, 0.3) is 5.69 Å². The first-order valence-electron chi connectivity index (χ1n) is 29.8. The maximum Gasteiger partial charge on any atom is 0.269 e. The van der Waals surface area contributed by atoms with Crippen LogP contribution in [0.15, 0.2) is 169 Å². The smallest absolute Gasteiger partial charge is 0.269 e. The summed E-state index contributed by atoms with van der Waals surface area (Å²) in [5.41, 5.74) is 6.45. The molecule has 6 unspecified atom stereocenters. The van der Waals surface area contributed by atoms with Gasteiger partial charge in [-0.15, -0.1) is 6.58 Å². The number of hydrogen-bond acceptors (Lipinski definition) is 10. The zero-order valence-electron chi connectivity index (χ0n) is 47.2. The number of amides is 1. The fraction of sp³-hybridized carbons (Fsp3) is 0.420. The second-order valence-electron chi connectivity index (χ2n) is 22.2. The molecule has 0 saturated heterocycles. The normalized spacial score (nSPS) is 20.4. The first-order valence-corrected chi connectivity index (χ1v) is 29.8. The maximum atomic E-state index is 15.7. The minimum atomic E-state index is -1.46. The van der Waals surface area contributed by atoms with E-state index in [4.69, 9.17) is 24.2 Å². The summed E-state index contributed by atoms with van der Waals surface area (Å²) >= 11 is 0. The van der Waals surface area contributed by atoms with E-state index < -0.39 is 22.7 Å². The number of aliphatic hydroxyl groups is 2. The van der Waals surface area contributed by atoms with Crippen LogP contribution >= 0.6 is 0 Å². The highest BCUT2D eigenvalue weighted by molar-refractivity contribution is 6.03. The maximum absolute atomic E-state index is 15.7. The number of carbonyl (C=O) groups is 1. The molecule has 12 nitrogen and oxygen atoms in total. The number of oxime groups is 1. The van der Waals surface area contributed by atoms with E-state index in [9.17, 15) is 20.3 Å². The van der Waals surface area contributed by atoms with Crippen molar-refractivity contribution < 1.29 is 39.0 Å². The molecule has 12 heteroatoms. The molecule has 1 amide bonds. The van der Waals surface area contributed by atoms with Gasteiger partial charge in [-0.1, -0.05) is 173 Å². The van der Waals surface area contributed by atoms with Crippen molar-refractivity contribution in [2.24, 2.45) is 22.9 Å². The number of aliphatic hydroxyl groups excluding tert-OH is 2. The van der Waals surface area contributed by atoms with Crippen LogP contribution in [0.1, 0.15) is 139 Å². The molecule has 1 aliphatic heterocycles. The molecular weight excluding hydrogens is 1010 g/mol. The molecule has 81 heavy (non-hydrogen) atoms. The fourth-order valence-electron chi connectivity index (χ4n) is 12.8. The average molecular weight is 1100 g/mol. The van der Waals surface area contributed by atoms with Crippen molar-refractivity contribution in [3.05, 3.63) is 191 Å². The molecular formula is C69H81N3O9. The Balaban J connectivity index is 1.19. The van der Waals surface area contributed by atoms with Gasteiger partial charge >= 0.3 is 0 Å². The molecule has 9 rings (SSSR count). The van der Waals surface area contributed by atoms with Crippen LogP contribution < -0.4 is 9.47 Å². The third-order valence-electron chi connectivity index (χ3n) is 16.8. The standard InChI is InChI=1S/C69H81N3O9/c1-3-5-6-7-8-9-10-11-15-31-66(75)71(48-55-28-22-27-53-25-16-17-29-59(53)55)65-47-63(70-79-49-50-32-36-56(37-33-50)72(76)77)61-45-54(26-18-20-42-73)60(30-19-21-43-74)67-62-46-58(40-41-64(62)81-69(65,68(61)67)78-44-4-2)80-57-38-34-52(35-39-57)51-23-13-12-14-24-51/h4,12-14,16-17,22-25,27-29,32-41,45-46,54,60,65,67-68,73-74H,2-3,5-11,15,18-21,26,30-31,42-44,47-49H2,1H3. The lowest BCUT2D eigenvalue weighted by atomic mass is 9.55. The Kier molecular flexibility index (Phi) is 21.0. The van der Waals surface area contributed by atoms with Crippen molar-refractivity contribution in [2.45, 2.75) is 147 Å². The van der Waals surface area contributed by atoms with Gasteiger partial charge in [0.05, 0.1) is 23.2 Å². The van der Waals surface area contributed by atoms with Crippen molar-refractivity contribution in [1.29, 1.82) is 0 Å². The minimum absolute atomic E-state index is 0.00111.